The van der Waals surface area contributed by atoms with Crippen molar-refractivity contribution in [3.8, 4) is 11.5 Å². The number of ether oxygens (including phenoxy) is 2. The number of carbonyl (C=O) groups is 1. The number of rotatable bonds is 8. The Morgan fingerprint density at radius 3 is 2.64 bits per heavy atom. The van der Waals surface area contributed by atoms with Gasteiger partial charge in [-0.25, -0.2) is 0 Å². The summed E-state index contributed by atoms with van der Waals surface area (Å²) in [6.45, 7) is 2.28. The molecular weight excluding hydrogens is 388 g/mol. The summed E-state index contributed by atoms with van der Waals surface area (Å²) in [7, 11) is 1.57. The molecule has 0 aliphatic carbocycles. The third kappa shape index (κ3) is 6.11. The Balaban J connectivity index is 1.84. The van der Waals surface area contributed by atoms with E-state index in [1.807, 2.05) is 25.1 Å². The van der Waals surface area contributed by atoms with Gasteiger partial charge in [-0.3, -0.25) is 4.79 Å². The van der Waals surface area contributed by atoms with Crippen molar-refractivity contribution in [3.05, 3.63) is 52.5 Å². The number of nitrogens with one attached hydrogen (secondary N) is 1. The van der Waals surface area contributed by atoms with Crippen molar-refractivity contribution in [2.24, 2.45) is 5.16 Å². The van der Waals surface area contributed by atoms with Crippen molar-refractivity contribution in [3.63, 3.8) is 0 Å². The van der Waals surface area contributed by atoms with E-state index in [9.17, 15) is 4.79 Å². The minimum absolute atomic E-state index is 0.180. The summed E-state index contributed by atoms with van der Waals surface area (Å²) in [6, 6.07) is 12.7. The normalized spacial score (nSPS) is 10.5. The topological polar surface area (TPSA) is 69.2 Å². The summed E-state index contributed by atoms with van der Waals surface area (Å²) in [6.07, 6.45) is 1.51. The van der Waals surface area contributed by atoms with Crippen LogP contribution in [0.4, 0.5) is 5.69 Å². The monoisotopic (exact) mass is 406 g/mol. The Bertz CT molecular complexity index is 732. The van der Waals surface area contributed by atoms with Gasteiger partial charge < -0.3 is 19.6 Å². The highest BCUT2D eigenvalue weighted by atomic mass is 79.9. The molecule has 1 N–H and O–H groups in total. The number of hydrogen-bond acceptors (Lipinski definition) is 5. The molecule has 2 rings (SSSR count). The molecule has 0 spiro atoms. The van der Waals surface area contributed by atoms with Crippen LogP contribution in [0.2, 0.25) is 0 Å². The molecule has 0 heterocycles. The Morgan fingerprint density at radius 2 is 1.96 bits per heavy atom. The number of amides is 1. The maximum atomic E-state index is 11.8. The van der Waals surface area contributed by atoms with E-state index >= 15 is 0 Å². The van der Waals surface area contributed by atoms with Crippen LogP contribution in [-0.4, -0.2) is 32.4 Å². The second-order valence-corrected chi connectivity index (χ2v) is 5.82. The summed E-state index contributed by atoms with van der Waals surface area (Å²) in [5.41, 5.74) is 1.46. The second-order valence-electron chi connectivity index (χ2n) is 4.91. The Labute approximate surface area is 154 Å². The van der Waals surface area contributed by atoms with E-state index < -0.39 is 0 Å². The molecule has 25 heavy (non-hydrogen) atoms. The number of oxime groups is 1. The maximum Gasteiger partial charge on any atom is 0.265 e. The van der Waals surface area contributed by atoms with Gasteiger partial charge in [-0.05, 0) is 49.4 Å². The lowest BCUT2D eigenvalue weighted by Gasteiger charge is -2.09. The van der Waals surface area contributed by atoms with E-state index in [0.29, 0.717) is 23.8 Å². The standard InChI is InChI=1S/C18H19BrN2O4/c1-3-24-16-9-4-13(10-17(16)23-2)11-20-25-12-18(22)21-15-7-5-14(19)6-8-15/h4-11H,3,12H2,1-2H3,(H,21,22)/b20-11-. The average Bonchev–Trinajstić information content (AvgIpc) is 2.62. The molecule has 6 nitrogen and oxygen atoms in total. The van der Waals surface area contributed by atoms with Crippen LogP contribution in [0.1, 0.15) is 12.5 Å². The van der Waals surface area contributed by atoms with E-state index in [1.165, 1.54) is 6.21 Å². The van der Waals surface area contributed by atoms with Crippen LogP contribution in [0.5, 0.6) is 11.5 Å². The Kier molecular flexibility index (Phi) is 7.28. The zero-order chi connectivity index (χ0) is 18.1. The summed E-state index contributed by atoms with van der Waals surface area (Å²) in [4.78, 5) is 16.8. The fourth-order valence-corrected chi connectivity index (χ4v) is 2.23. The van der Waals surface area contributed by atoms with Gasteiger partial charge >= 0.3 is 0 Å². The minimum atomic E-state index is -0.288. The van der Waals surface area contributed by atoms with E-state index in [-0.39, 0.29) is 12.5 Å². The zero-order valence-electron chi connectivity index (χ0n) is 14.0. The highest BCUT2D eigenvalue weighted by Gasteiger charge is 2.05. The van der Waals surface area contributed by atoms with Gasteiger partial charge in [0.15, 0.2) is 18.1 Å². The van der Waals surface area contributed by atoms with Gasteiger partial charge in [0.2, 0.25) is 0 Å². The van der Waals surface area contributed by atoms with Gasteiger partial charge in [0.25, 0.3) is 5.91 Å². The van der Waals surface area contributed by atoms with Crippen LogP contribution in [-0.2, 0) is 9.63 Å². The number of carbonyl (C=O) groups excluding carboxylic acids is 1. The zero-order valence-corrected chi connectivity index (χ0v) is 15.6. The van der Waals surface area contributed by atoms with Crippen LogP contribution in [0, 0.1) is 0 Å². The number of anilines is 1. The van der Waals surface area contributed by atoms with Crippen LogP contribution >= 0.6 is 15.9 Å². The molecule has 0 saturated carbocycles. The lowest BCUT2D eigenvalue weighted by molar-refractivity contribution is -0.120. The summed E-state index contributed by atoms with van der Waals surface area (Å²) in [5.74, 6) is 0.986. The fourth-order valence-electron chi connectivity index (χ4n) is 1.96. The van der Waals surface area contributed by atoms with Crippen LogP contribution < -0.4 is 14.8 Å². The lowest BCUT2D eigenvalue weighted by Crippen LogP contribution is -2.16. The van der Waals surface area contributed by atoms with Crippen molar-refractivity contribution in [1.82, 2.24) is 0 Å². The smallest absolute Gasteiger partial charge is 0.265 e. The van der Waals surface area contributed by atoms with Gasteiger partial charge in [-0.1, -0.05) is 21.1 Å². The van der Waals surface area contributed by atoms with Crippen molar-refractivity contribution in [2.75, 3.05) is 25.6 Å². The predicted molar refractivity (Wildman–Crippen MR) is 100 cm³/mol. The van der Waals surface area contributed by atoms with E-state index in [2.05, 4.69) is 26.4 Å². The van der Waals surface area contributed by atoms with Crippen LogP contribution in [0.25, 0.3) is 0 Å². The van der Waals surface area contributed by atoms with Gasteiger partial charge in [-0.15, -0.1) is 0 Å². The molecule has 0 unspecified atom stereocenters. The lowest BCUT2D eigenvalue weighted by atomic mass is 10.2. The summed E-state index contributed by atoms with van der Waals surface area (Å²) in [5, 5.41) is 6.51. The fraction of sp³-hybridized carbons (Fsp3) is 0.222. The number of halogens is 1. The van der Waals surface area contributed by atoms with E-state index in [0.717, 1.165) is 10.0 Å². The molecule has 7 heteroatoms. The molecule has 0 bridgehead atoms. The molecule has 0 aliphatic rings. The first-order valence-corrected chi connectivity index (χ1v) is 8.43. The van der Waals surface area contributed by atoms with E-state index in [4.69, 9.17) is 14.3 Å². The predicted octanol–water partition coefficient (Wildman–Crippen LogP) is 3.85. The maximum absolute atomic E-state index is 11.8. The van der Waals surface area contributed by atoms with Crippen molar-refractivity contribution in [1.29, 1.82) is 0 Å². The van der Waals surface area contributed by atoms with Crippen molar-refractivity contribution in [2.45, 2.75) is 6.92 Å². The first-order valence-electron chi connectivity index (χ1n) is 7.64. The SMILES string of the molecule is CCOc1ccc(/C=N\OCC(=O)Nc2ccc(Br)cc2)cc1OC. The summed E-state index contributed by atoms with van der Waals surface area (Å²) >= 11 is 3.34. The molecule has 2 aromatic carbocycles. The minimum Gasteiger partial charge on any atom is -0.493 e. The highest BCUT2D eigenvalue weighted by Crippen LogP contribution is 2.27. The highest BCUT2D eigenvalue weighted by molar-refractivity contribution is 9.10. The van der Waals surface area contributed by atoms with E-state index in [1.54, 1.807) is 31.4 Å². The average molecular weight is 407 g/mol. The third-order valence-electron chi connectivity index (χ3n) is 3.09. The Morgan fingerprint density at radius 1 is 1.20 bits per heavy atom. The van der Waals surface area contributed by atoms with Crippen molar-refractivity contribution < 1.29 is 19.1 Å². The Hall–Kier alpha value is -2.54. The van der Waals surface area contributed by atoms with Crippen LogP contribution in [0.3, 0.4) is 0 Å². The molecule has 0 atom stereocenters. The molecular formula is C18H19BrN2O4. The van der Waals surface area contributed by atoms with Gasteiger partial charge in [0, 0.05) is 15.7 Å². The molecule has 0 saturated heterocycles. The largest absolute Gasteiger partial charge is 0.493 e. The number of nitrogens with zero attached hydrogens (tertiary/aromatic N) is 1. The van der Waals surface area contributed by atoms with Gasteiger partial charge in [0.1, 0.15) is 0 Å². The number of hydrogen-bond donors (Lipinski definition) is 1. The second kappa shape index (κ2) is 9.68. The quantitative estimate of drug-likeness (QED) is 0.533. The molecule has 0 aliphatic heterocycles. The molecule has 0 radical (unpaired) electrons. The summed E-state index contributed by atoms with van der Waals surface area (Å²) < 4.78 is 11.7. The van der Waals surface area contributed by atoms with Gasteiger partial charge in [-0.2, -0.15) is 0 Å². The molecule has 0 fully saturated rings. The first-order chi connectivity index (χ1) is 12.1. The first kappa shape index (κ1) is 18.8. The third-order valence-corrected chi connectivity index (χ3v) is 3.62. The van der Waals surface area contributed by atoms with Gasteiger partial charge in [0.05, 0.1) is 19.9 Å². The van der Waals surface area contributed by atoms with Crippen molar-refractivity contribution >= 4 is 33.7 Å². The molecule has 0 aromatic heterocycles. The number of methoxy groups -OCH3 is 1. The number of benzene rings is 2. The molecule has 2 aromatic rings. The van der Waals surface area contributed by atoms with Crippen LogP contribution in [0.15, 0.2) is 52.1 Å². The molecule has 1 amide bonds. The molecule has 132 valence electrons.